The Balaban J connectivity index is 1.64. The number of hydrogen-bond acceptors (Lipinski definition) is 2. The van der Waals surface area contributed by atoms with Crippen molar-refractivity contribution < 1.29 is 9.53 Å². The quantitative estimate of drug-likeness (QED) is 0.790. The van der Waals surface area contributed by atoms with Gasteiger partial charge < -0.3 is 4.74 Å². The van der Waals surface area contributed by atoms with Gasteiger partial charge in [-0.25, -0.2) is 0 Å². The number of ether oxygens (including phenoxy) is 1. The van der Waals surface area contributed by atoms with Crippen molar-refractivity contribution in [2.45, 2.75) is 57.0 Å². The van der Waals surface area contributed by atoms with Crippen LogP contribution in [0.1, 0.15) is 50.5 Å². The highest BCUT2D eigenvalue weighted by molar-refractivity contribution is 9.10. The number of carbonyl (C=O) groups is 1. The van der Waals surface area contributed by atoms with Gasteiger partial charge >= 0.3 is 0 Å². The maximum absolute atomic E-state index is 12.6. The van der Waals surface area contributed by atoms with E-state index in [9.17, 15) is 4.79 Å². The van der Waals surface area contributed by atoms with Crippen LogP contribution >= 0.6 is 15.9 Å². The summed E-state index contributed by atoms with van der Waals surface area (Å²) in [6, 6.07) is 8.09. The zero-order valence-electron chi connectivity index (χ0n) is 12.4. The van der Waals surface area contributed by atoms with Crippen LogP contribution in [0.5, 0.6) is 0 Å². The van der Waals surface area contributed by atoms with Gasteiger partial charge in [-0.05, 0) is 43.4 Å². The lowest BCUT2D eigenvalue weighted by molar-refractivity contribution is -0.142. The molecule has 1 saturated heterocycles. The van der Waals surface area contributed by atoms with Gasteiger partial charge in [0.2, 0.25) is 0 Å². The summed E-state index contributed by atoms with van der Waals surface area (Å²) in [5.41, 5.74) is 1.13. The Bertz CT molecular complexity index is 500. The average molecular weight is 351 g/mol. The van der Waals surface area contributed by atoms with E-state index in [-0.39, 0.29) is 11.5 Å². The number of hydrogen-bond donors (Lipinski definition) is 0. The molecule has 1 unspecified atom stereocenters. The molecule has 1 spiro atoms. The normalized spacial score (nSPS) is 24.9. The summed E-state index contributed by atoms with van der Waals surface area (Å²) in [6.07, 6.45) is 8.52. The zero-order chi connectivity index (χ0) is 14.7. The number of benzene rings is 1. The molecule has 1 aromatic carbocycles. The minimum atomic E-state index is 0.0219. The third-order valence-electron chi connectivity index (χ3n) is 4.98. The monoisotopic (exact) mass is 350 g/mol. The molecular formula is C18H23BrO2. The largest absolute Gasteiger partial charge is 0.375 e. The van der Waals surface area contributed by atoms with Crippen molar-refractivity contribution in [3.8, 4) is 0 Å². The van der Waals surface area contributed by atoms with Gasteiger partial charge in [0.15, 0.2) is 0 Å². The van der Waals surface area contributed by atoms with E-state index in [1.165, 1.54) is 19.3 Å². The van der Waals surface area contributed by atoms with Crippen LogP contribution in [0.3, 0.4) is 0 Å². The minimum absolute atomic E-state index is 0.0219. The molecule has 3 rings (SSSR count). The average Bonchev–Trinajstić information content (AvgIpc) is 2.48. The molecule has 2 fully saturated rings. The predicted octanol–water partition coefficient (Wildman–Crippen LogP) is 4.69. The smallest absolute Gasteiger partial charge is 0.140 e. The summed E-state index contributed by atoms with van der Waals surface area (Å²) in [7, 11) is 0. The minimum Gasteiger partial charge on any atom is -0.375 e. The molecular weight excluding hydrogens is 328 g/mol. The topological polar surface area (TPSA) is 26.3 Å². The maximum Gasteiger partial charge on any atom is 0.140 e. The third kappa shape index (κ3) is 3.75. The predicted molar refractivity (Wildman–Crippen MR) is 87.3 cm³/mol. The van der Waals surface area contributed by atoms with Gasteiger partial charge in [0.1, 0.15) is 5.78 Å². The van der Waals surface area contributed by atoms with Crippen molar-refractivity contribution in [2.24, 2.45) is 5.92 Å². The van der Waals surface area contributed by atoms with Crippen molar-refractivity contribution >= 4 is 21.7 Å². The molecule has 0 amide bonds. The van der Waals surface area contributed by atoms with Crippen LogP contribution in [0.4, 0.5) is 0 Å². The number of Topliss-reactive ketones (excluding diaryl/α,β-unsaturated/α-hetero) is 1. The highest BCUT2D eigenvalue weighted by Gasteiger charge is 2.40. The molecule has 2 aliphatic rings. The van der Waals surface area contributed by atoms with Crippen molar-refractivity contribution in [3.63, 3.8) is 0 Å². The first-order valence-corrected chi connectivity index (χ1v) is 8.87. The van der Waals surface area contributed by atoms with Gasteiger partial charge in [-0.15, -0.1) is 0 Å². The summed E-state index contributed by atoms with van der Waals surface area (Å²) >= 11 is 3.47. The van der Waals surface area contributed by atoms with Crippen LogP contribution in [-0.2, 0) is 16.0 Å². The lowest BCUT2D eigenvalue weighted by Crippen LogP contribution is -2.43. The van der Waals surface area contributed by atoms with Crippen LogP contribution in [0.25, 0.3) is 0 Å². The van der Waals surface area contributed by atoms with E-state index in [1.54, 1.807) is 0 Å². The van der Waals surface area contributed by atoms with Crippen LogP contribution in [-0.4, -0.2) is 18.0 Å². The van der Waals surface area contributed by atoms with Gasteiger partial charge in [0.05, 0.1) is 5.60 Å². The maximum atomic E-state index is 12.6. The molecule has 1 aliphatic carbocycles. The molecule has 0 radical (unpaired) electrons. The van der Waals surface area contributed by atoms with Gasteiger partial charge in [-0.2, -0.15) is 0 Å². The fourth-order valence-corrected chi connectivity index (χ4v) is 4.29. The summed E-state index contributed by atoms with van der Waals surface area (Å²) < 4.78 is 7.14. The van der Waals surface area contributed by atoms with E-state index in [2.05, 4.69) is 15.9 Å². The Morgan fingerprint density at radius 3 is 2.86 bits per heavy atom. The first kappa shape index (κ1) is 15.2. The fourth-order valence-electron chi connectivity index (χ4n) is 3.84. The van der Waals surface area contributed by atoms with Gasteiger partial charge in [0, 0.05) is 23.4 Å². The van der Waals surface area contributed by atoms with Gasteiger partial charge in [-0.3, -0.25) is 4.79 Å². The summed E-state index contributed by atoms with van der Waals surface area (Å²) in [6.45, 7) is 0.759. The number of halogens is 1. The number of ketones is 1. The van der Waals surface area contributed by atoms with E-state index >= 15 is 0 Å². The van der Waals surface area contributed by atoms with Crippen molar-refractivity contribution in [1.82, 2.24) is 0 Å². The molecule has 1 saturated carbocycles. The SMILES string of the molecule is O=C(Cc1cccc(Br)c1)C1CCOC2(CCCCC2)C1. The molecule has 21 heavy (non-hydrogen) atoms. The molecule has 0 N–H and O–H groups in total. The zero-order valence-corrected chi connectivity index (χ0v) is 14.0. The van der Waals surface area contributed by atoms with Crippen molar-refractivity contribution in [2.75, 3.05) is 6.61 Å². The fraction of sp³-hybridized carbons (Fsp3) is 0.611. The Labute approximate surface area is 135 Å². The highest BCUT2D eigenvalue weighted by Crippen LogP contribution is 2.41. The van der Waals surface area contributed by atoms with Crippen LogP contribution in [0.15, 0.2) is 28.7 Å². The molecule has 1 aliphatic heterocycles. The number of carbonyl (C=O) groups excluding carboxylic acids is 1. The van der Waals surface area contributed by atoms with E-state index in [0.29, 0.717) is 12.2 Å². The molecule has 114 valence electrons. The molecule has 2 nitrogen and oxygen atoms in total. The summed E-state index contributed by atoms with van der Waals surface area (Å²) in [4.78, 5) is 12.6. The first-order chi connectivity index (χ1) is 10.2. The van der Waals surface area contributed by atoms with Crippen molar-refractivity contribution in [1.29, 1.82) is 0 Å². The molecule has 3 heteroatoms. The molecule has 1 atom stereocenters. The second kappa shape index (κ2) is 6.62. The van der Waals surface area contributed by atoms with Crippen molar-refractivity contribution in [3.05, 3.63) is 34.3 Å². The van der Waals surface area contributed by atoms with Crippen LogP contribution in [0.2, 0.25) is 0 Å². The molecule has 1 aromatic rings. The highest BCUT2D eigenvalue weighted by atomic mass is 79.9. The van der Waals surface area contributed by atoms with Gasteiger partial charge in [-0.1, -0.05) is 47.3 Å². The Morgan fingerprint density at radius 1 is 1.29 bits per heavy atom. The summed E-state index contributed by atoms with van der Waals surface area (Å²) in [5, 5.41) is 0. The lowest BCUT2D eigenvalue weighted by atomic mass is 9.74. The summed E-state index contributed by atoms with van der Waals surface area (Å²) in [5.74, 6) is 0.581. The lowest BCUT2D eigenvalue weighted by Gasteiger charge is -2.43. The standard InChI is InChI=1S/C18H23BrO2/c19-16-6-4-5-14(11-16)12-17(20)15-7-10-21-18(13-15)8-2-1-3-9-18/h4-6,11,15H,1-3,7-10,12-13H2. The second-order valence-corrected chi connectivity index (χ2v) is 7.47. The van der Waals surface area contributed by atoms with Gasteiger partial charge in [0.25, 0.3) is 0 Å². The Morgan fingerprint density at radius 2 is 2.10 bits per heavy atom. The van der Waals surface area contributed by atoms with Crippen LogP contribution < -0.4 is 0 Å². The van der Waals surface area contributed by atoms with E-state index < -0.39 is 0 Å². The van der Waals surface area contributed by atoms with Crippen LogP contribution in [0, 0.1) is 5.92 Å². The Hall–Kier alpha value is -0.670. The van der Waals surface area contributed by atoms with E-state index in [1.807, 2.05) is 24.3 Å². The van der Waals surface area contributed by atoms with E-state index in [4.69, 9.17) is 4.74 Å². The molecule has 0 aromatic heterocycles. The first-order valence-electron chi connectivity index (χ1n) is 8.08. The molecule has 0 bridgehead atoms. The Kier molecular flexibility index (Phi) is 4.80. The van der Waals surface area contributed by atoms with E-state index in [0.717, 1.165) is 42.3 Å². The second-order valence-electron chi connectivity index (χ2n) is 6.55. The third-order valence-corrected chi connectivity index (χ3v) is 5.47. The number of rotatable bonds is 3. The molecule has 1 heterocycles.